The molecule has 0 aromatic heterocycles. The molecule has 0 radical (unpaired) electrons. The van der Waals surface area contributed by atoms with Crippen LogP contribution in [0.4, 0.5) is 0 Å². The van der Waals surface area contributed by atoms with E-state index in [4.69, 9.17) is 0 Å². The summed E-state index contributed by atoms with van der Waals surface area (Å²) in [6.07, 6.45) is 2.21. The molecule has 2 N–H and O–H groups in total. The van der Waals surface area contributed by atoms with Crippen LogP contribution in [0, 0.1) is 5.92 Å². The molecule has 1 aromatic rings. The normalized spacial score (nSPS) is 17.0. The Morgan fingerprint density at radius 1 is 1.19 bits per heavy atom. The van der Waals surface area contributed by atoms with E-state index < -0.39 is 10.0 Å². The molecule has 0 amide bonds. The quantitative estimate of drug-likeness (QED) is 0.806. The summed E-state index contributed by atoms with van der Waals surface area (Å²) in [4.78, 5) is 0.355. The minimum atomic E-state index is -3.37. The van der Waals surface area contributed by atoms with Gasteiger partial charge in [-0.05, 0) is 54.5 Å². The molecule has 1 aliphatic rings. The zero-order chi connectivity index (χ0) is 15.1. The summed E-state index contributed by atoms with van der Waals surface area (Å²) in [5.74, 6) is 2.77. The van der Waals surface area contributed by atoms with Crippen molar-refractivity contribution >= 4 is 21.8 Å². The van der Waals surface area contributed by atoms with Crippen LogP contribution in [-0.2, 0) is 16.6 Å². The maximum Gasteiger partial charge on any atom is 0.240 e. The molecule has 2 rings (SSSR count). The van der Waals surface area contributed by atoms with Gasteiger partial charge in [0.05, 0.1) is 4.90 Å². The molecule has 1 fully saturated rings. The van der Waals surface area contributed by atoms with Gasteiger partial charge in [-0.3, -0.25) is 0 Å². The van der Waals surface area contributed by atoms with Gasteiger partial charge in [0.15, 0.2) is 0 Å². The van der Waals surface area contributed by atoms with Crippen molar-refractivity contribution in [2.45, 2.75) is 31.2 Å². The minimum Gasteiger partial charge on any atom is -0.313 e. The number of benzene rings is 1. The molecule has 1 heterocycles. The number of thioether (sulfide) groups is 1. The van der Waals surface area contributed by atoms with Gasteiger partial charge in [0.25, 0.3) is 0 Å². The average Bonchev–Trinajstić information content (AvgIpc) is 2.52. The molecule has 0 spiro atoms. The van der Waals surface area contributed by atoms with E-state index in [1.165, 1.54) is 0 Å². The number of hydrogen-bond acceptors (Lipinski definition) is 4. The predicted molar refractivity (Wildman–Crippen MR) is 89.1 cm³/mol. The van der Waals surface area contributed by atoms with E-state index >= 15 is 0 Å². The van der Waals surface area contributed by atoms with Crippen LogP contribution >= 0.6 is 11.8 Å². The van der Waals surface area contributed by atoms with Gasteiger partial charge >= 0.3 is 0 Å². The summed E-state index contributed by atoms with van der Waals surface area (Å²) in [5, 5.41) is 3.22. The smallest absolute Gasteiger partial charge is 0.240 e. The van der Waals surface area contributed by atoms with E-state index in [-0.39, 0.29) is 0 Å². The van der Waals surface area contributed by atoms with Gasteiger partial charge in [0, 0.05) is 13.1 Å². The topological polar surface area (TPSA) is 58.2 Å². The zero-order valence-corrected chi connectivity index (χ0v) is 14.1. The molecule has 0 unspecified atom stereocenters. The van der Waals surface area contributed by atoms with Gasteiger partial charge in [0.1, 0.15) is 0 Å². The lowest BCUT2D eigenvalue weighted by Gasteiger charge is -2.21. The van der Waals surface area contributed by atoms with Crippen molar-refractivity contribution in [3.8, 4) is 0 Å². The molecule has 0 bridgehead atoms. The van der Waals surface area contributed by atoms with E-state index in [1.807, 2.05) is 30.8 Å². The fourth-order valence-electron chi connectivity index (χ4n) is 2.32. The Hall–Kier alpha value is -0.560. The monoisotopic (exact) mass is 328 g/mol. The van der Waals surface area contributed by atoms with Gasteiger partial charge in [-0.25, -0.2) is 13.1 Å². The summed E-state index contributed by atoms with van der Waals surface area (Å²) >= 11 is 1.95. The molecule has 1 aliphatic heterocycles. The summed E-state index contributed by atoms with van der Waals surface area (Å²) < 4.78 is 27.3. The Morgan fingerprint density at radius 2 is 1.86 bits per heavy atom. The Labute approximate surface area is 132 Å². The molecule has 0 saturated carbocycles. The molecule has 1 saturated heterocycles. The van der Waals surface area contributed by atoms with Gasteiger partial charge < -0.3 is 5.32 Å². The highest BCUT2D eigenvalue weighted by Crippen LogP contribution is 2.22. The van der Waals surface area contributed by atoms with Crippen LogP contribution in [0.1, 0.15) is 25.3 Å². The van der Waals surface area contributed by atoms with Crippen molar-refractivity contribution < 1.29 is 8.42 Å². The van der Waals surface area contributed by atoms with Crippen LogP contribution in [0.5, 0.6) is 0 Å². The Balaban J connectivity index is 1.91. The number of hydrogen-bond donors (Lipinski definition) is 2. The van der Waals surface area contributed by atoms with E-state index in [0.29, 0.717) is 17.4 Å². The fraction of sp³-hybridized carbons (Fsp3) is 0.600. The lowest BCUT2D eigenvalue weighted by Crippen LogP contribution is -2.31. The van der Waals surface area contributed by atoms with Crippen LogP contribution in [0.15, 0.2) is 29.2 Å². The van der Waals surface area contributed by atoms with E-state index in [1.54, 1.807) is 12.1 Å². The minimum absolute atomic E-state index is 0.355. The predicted octanol–water partition coefficient (Wildman–Crippen LogP) is 2.22. The van der Waals surface area contributed by atoms with Crippen molar-refractivity contribution in [3.63, 3.8) is 0 Å². The number of nitrogens with one attached hydrogen (secondary N) is 2. The average molecular weight is 329 g/mol. The van der Waals surface area contributed by atoms with Crippen LogP contribution < -0.4 is 10.0 Å². The van der Waals surface area contributed by atoms with Crippen molar-refractivity contribution in [2.24, 2.45) is 5.92 Å². The maximum absolute atomic E-state index is 12.3. The first-order valence-electron chi connectivity index (χ1n) is 7.49. The fourth-order valence-corrected chi connectivity index (χ4v) is 4.64. The third-order valence-corrected chi connectivity index (χ3v) is 6.20. The molecular formula is C15H24N2O2S2. The van der Waals surface area contributed by atoms with Gasteiger partial charge in [0.2, 0.25) is 10.0 Å². The Morgan fingerprint density at radius 3 is 2.48 bits per heavy atom. The first-order chi connectivity index (χ1) is 10.1. The second-order valence-corrected chi connectivity index (χ2v) is 8.32. The van der Waals surface area contributed by atoms with Crippen molar-refractivity contribution in [2.75, 3.05) is 24.6 Å². The highest BCUT2D eigenvalue weighted by molar-refractivity contribution is 7.99. The van der Waals surface area contributed by atoms with Crippen molar-refractivity contribution in [1.29, 1.82) is 0 Å². The van der Waals surface area contributed by atoms with Gasteiger partial charge in [-0.2, -0.15) is 11.8 Å². The molecule has 1 aromatic carbocycles. The first-order valence-corrected chi connectivity index (χ1v) is 10.1. The summed E-state index contributed by atoms with van der Waals surface area (Å²) in [6, 6.07) is 7.11. The standard InChI is InChI=1S/C15H24N2O2S2/c1-2-16-11-13-3-5-15(6-4-13)21(18,19)17-12-14-7-9-20-10-8-14/h3-6,14,16-17H,2,7-12H2,1H3. The zero-order valence-electron chi connectivity index (χ0n) is 12.5. The van der Waals surface area contributed by atoms with E-state index in [9.17, 15) is 8.42 Å². The lowest BCUT2D eigenvalue weighted by molar-refractivity contribution is 0.476. The van der Waals surface area contributed by atoms with Crippen LogP contribution in [0.2, 0.25) is 0 Å². The third-order valence-electron chi connectivity index (χ3n) is 3.72. The SMILES string of the molecule is CCNCc1ccc(S(=O)(=O)NCC2CCSCC2)cc1. The highest BCUT2D eigenvalue weighted by Gasteiger charge is 2.18. The molecule has 4 nitrogen and oxygen atoms in total. The van der Waals surface area contributed by atoms with E-state index in [0.717, 1.165) is 43.0 Å². The largest absolute Gasteiger partial charge is 0.313 e. The highest BCUT2D eigenvalue weighted by atomic mass is 32.2. The molecule has 21 heavy (non-hydrogen) atoms. The molecule has 0 atom stereocenters. The van der Waals surface area contributed by atoms with Crippen molar-refractivity contribution in [3.05, 3.63) is 29.8 Å². The second-order valence-electron chi connectivity index (χ2n) is 5.33. The maximum atomic E-state index is 12.3. The molecule has 118 valence electrons. The van der Waals surface area contributed by atoms with Gasteiger partial charge in [-0.1, -0.05) is 19.1 Å². The molecular weight excluding hydrogens is 304 g/mol. The third kappa shape index (κ3) is 5.29. The molecule has 0 aliphatic carbocycles. The number of sulfonamides is 1. The van der Waals surface area contributed by atoms with Crippen molar-refractivity contribution in [1.82, 2.24) is 10.0 Å². The van der Waals surface area contributed by atoms with Crippen LogP contribution in [-0.4, -0.2) is 33.0 Å². The first kappa shape index (κ1) is 16.8. The van der Waals surface area contributed by atoms with Crippen LogP contribution in [0.25, 0.3) is 0 Å². The Bertz CT molecular complexity index is 523. The summed E-state index contributed by atoms with van der Waals surface area (Å²) in [7, 11) is -3.37. The van der Waals surface area contributed by atoms with Crippen LogP contribution in [0.3, 0.4) is 0 Å². The Kier molecular flexibility index (Phi) is 6.54. The summed E-state index contributed by atoms with van der Waals surface area (Å²) in [6.45, 7) is 4.28. The number of rotatable bonds is 7. The molecule has 6 heteroatoms. The second kappa shape index (κ2) is 8.17. The summed E-state index contributed by atoms with van der Waals surface area (Å²) in [5.41, 5.74) is 1.10. The lowest BCUT2D eigenvalue weighted by atomic mass is 10.0. The van der Waals surface area contributed by atoms with E-state index in [2.05, 4.69) is 10.0 Å². The van der Waals surface area contributed by atoms with Gasteiger partial charge in [-0.15, -0.1) is 0 Å².